The number of alkyl halides is 1. The molecule has 0 aliphatic rings. The van der Waals surface area contributed by atoms with Crippen molar-refractivity contribution in [3.63, 3.8) is 0 Å². The molecule has 0 unspecified atom stereocenters. The summed E-state index contributed by atoms with van der Waals surface area (Å²) >= 11 is 6.64. The predicted molar refractivity (Wildman–Crippen MR) is 70.3 cm³/mol. The third-order valence-electron chi connectivity index (χ3n) is 1.73. The highest BCUT2D eigenvalue weighted by molar-refractivity contribution is 9.10. The second kappa shape index (κ2) is 6.62. The fraction of sp³-hybridized carbons (Fsp3) is 0.111. The first-order chi connectivity index (χ1) is 7.67. The van der Waals surface area contributed by atoms with Crippen LogP contribution in [0.15, 0.2) is 33.8 Å². The maximum atomic E-state index is 10.8. The minimum absolute atomic E-state index is 0.527. The normalized spacial score (nSPS) is 11.1. The average Bonchev–Trinajstić information content (AvgIpc) is 2.31. The quantitative estimate of drug-likeness (QED) is 0.255. The van der Waals surface area contributed by atoms with Gasteiger partial charge in [0.1, 0.15) is 0 Å². The third kappa shape index (κ3) is 3.92. The number of nitrogens with one attached hydrogen (secondary N) is 2. The first-order valence-corrected chi connectivity index (χ1v) is 6.24. The molecule has 1 aromatic carbocycles. The van der Waals surface area contributed by atoms with E-state index in [9.17, 15) is 4.79 Å². The number of halogens is 2. The number of rotatable bonds is 3. The summed E-state index contributed by atoms with van der Waals surface area (Å²) in [6.07, 6.45) is 0. The summed E-state index contributed by atoms with van der Waals surface area (Å²) in [7, 11) is 0. The third-order valence-corrected chi connectivity index (χ3v) is 2.79. The fourth-order valence-electron chi connectivity index (χ4n) is 0.964. The van der Waals surface area contributed by atoms with E-state index in [1.165, 1.54) is 0 Å². The van der Waals surface area contributed by atoms with Gasteiger partial charge in [-0.3, -0.25) is 5.43 Å². The molecule has 1 aromatic rings. The lowest BCUT2D eigenvalue weighted by molar-refractivity contribution is 0.241. The molecule has 1 rings (SSSR count). The van der Waals surface area contributed by atoms with Gasteiger partial charge in [0, 0.05) is 9.80 Å². The Morgan fingerprint density at radius 1 is 1.38 bits per heavy atom. The standard InChI is InChI=1S/C9H10Br2N4O/c10-5-8(14-15-9(16)13-12)6-1-3-7(11)4-2-6/h1-4H,5,12H2,(H2,13,15,16). The molecule has 4 N–H and O–H groups in total. The number of carbonyl (C=O) groups excluding carboxylic acids is 1. The number of hydrazone groups is 1. The molecule has 2 amide bonds. The van der Waals surface area contributed by atoms with Gasteiger partial charge in [-0.15, -0.1) is 0 Å². The molecule has 16 heavy (non-hydrogen) atoms. The van der Waals surface area contributed by atoms with Crippen molar-refractivity contribution < 1.29 is 4.79 Å². The van der Waals surface area contributed by atoms with E-state index in [4.69, 9.17) is 5.84 Å². The van der Waals surface area contributed by atoms with Gasteiger partial charge >= 0.3 is 6.03 Å². The molecule has 86 valence electrons. The van der Waals surface area contributed by atoms with Gasteiger partial charge in [-0.1, -0.05) is 44.0 Å². The molecule has 5 nitrogen and oxygen atoms in total. The number of nitrogens with two attached hydrogens (primary N) is 1. The number of hydrogen-bond donors (Lipinski definition) is 3. The van der Waals surface area contributed by atoms with E-state index in [1.807, 2.05) is 29.7 Å². The fourth-order valence-corrected chi connectivity index (χ4v) is 1.68. The molecule has 0 aromatic heterocycles. The van der Waals surface area contributed by atoms with Gasteiger partial charge < -0.3 is 0 Å². The summed E-state index contributed by atoms with van der Waals surface area (Å²) in [6, 6.07) is 7.03. The number of hydrazine groups is 1. The number of hydrogen-bond acceptors (Lipinski definition) is 3. The van der Waals surface area contributed by atoms with Crippen molar-refractivity contribution >= 4 is 43.6 Å². The van der Waals surface area contributed by atoms with E-state index >= 15 is 0 Å². The Balaban J connectivity index is 2.81. The molecule has 0 aliphatic heterocycles. The molecule has 0 saturated carbocycles. The summed E-state index contributed by atoms with van der Waals surface area (Å²) in [5, 5.41) is 4.45. The highest BCUT2D eigenvalue weighted by Crippen LogP contribution is 2.11. The van der Waals surface area contributed by atoms with Crippen LogP contribution in [0.2, 0.25) is 0 Å². The van der Waals surface area contributed by atoms with Crippen LogP contribution in [0.1, 0.15) is 5.56 Å². The van der Waals surface area contributed by atoms with Gasteiger partial charge in [0.2, 0.25) is 0 Å². The van der Waals surface area contributed by atoms with Crippen LogP contribution in [-0.4, -0.2) is 17.1 Å². The molecule has 0 fully saturated rings. The van der Waals surface area contributed by atoms with Crippen LogP contribution in [0.25, 0.3) is 0 Å². The van der Waals surface area contributed by atoms with Gasteiger partial charge in [-0.05, 0) is 17.7 Å². The van der Waals surface area contributed by atoms with E-state index in [0.29, 0.717) is 11.0 Å². The number of nitrogens with zero attached hydrogens (tertiary/aromatic N) is 1. The molecule has 0 aliphatic carbocycles. The maximum Gasteiger partial charge on any atom is 0.349 e. The highest BCUT2D eigenvalue weighted by Gasteiger charge is 2.02. The minimum Gasteiger partial charge on any atom is -0.274 e. The molecule has 0 saturated heterocycles. The second-order valence-corrected chi connectivity index (χ2v) is 4.26. The SMILES string of the molecule is NNC(=O)NN=C(CBr)c1ccc(Br)cc1. The molecule has 7 heteroatoms. The van der Waals surface area contributed by atoms with Crippen molar-refractivity contribution in [3.8, 4) is 0 Å². The zero-order valence-corrected chi connectivity index (χ0v) is 11.4. The number of amides is 2. The lowest BCUT2D eigenvalue weighted by Crippen LogP contribution is -2.37. The van der Waals surface area contributed by atoms with Crippen LogP contribution in [0, 0.1) is 0 Å². The summed E-state index contributed by atoms with van der Waals surface area (Å²) in [6.45, 7) is 0. The molecule has 0 bridgehead atoms. The van der Waals surface area contributed by atoms with E-state index in [2.05, 4.69) is 42.4 Å². The molecule has 0 heterocycles. The maximum absolute atomic E-state index is 10.8. The lowest BCUT2D eigenvalue weighted by atomic mass is 10.1. The molecule has 0 atom stereocenters. The summed E-state index contributed by atoms with van der Waals surface area (Å²) in [4.78, 5) is 10.8. The number of carbonyl (C=O) groups is 1. The van der Waals surface area contributed by atoms with Crippen molar-refractivity contribution in [2.45, 2.75) is 0 Å². The Labute approximate surface area is 110 Å². The van der Waals surface area contributed by atoms with Crippen LogP contribution >= 0.6 is 31.9 Å². The molecular weight excluding hydrogens is 340 g/mol. The lowest BCUT2D eigenvalue weighted by Gasteiger charge is -2.04. The Bertz CT molecular complexity index is 391. The van der Waals surface area contributed by atoms with Gasteiger partial charge in [0.25, 0.3) is 0 Å². The Hall–Kier alpha value is -0.920. The van der Waals surface area contributed by atoms with Crippen LogP contribution in [0.3, 0.4) is 0 Å². The van der Waals surface area contributed by atoms with Crippen LogP contribution in [-0.2, 0) is 0 Å². The smallest absolute Gasteiger partial charge is 0.274 e. The van der Waals surface area contributed by atoms with Gasteiger partial charge in [-0.2, -0.15) is 5.10 Å². The Morgan fingerprint density at radius 3 is 2.50 bits per heavy atom. The van der Waals surface area contributed by atoms with Crippen LogP contribution < -0.4 is 16.7 Å². The zero-order valence-electron chi connectivity index (χ0n) is 8.21. The highest BCUT2D eigenvalue weighted by atomic mass is 79.9. The largest absolute Gasteiger partial charge is 0.349 e. The van der Waals surface area contributed by atoms with Crippen molar-refractivity contribution in [1.29, 1.82) is 0 Å². The average molecular weight is 350 g/mol. The molecule has 0 radical (unpaired) electrons. The van der Waals surface area contributed by atoms with Crippen molar-refractivity contribution in [3.05, 3.63) is 34.3 Å². The first kappa shape index (κ1) is 13.1. The van der Waals surface area contributed by atoms with E-state index < -0.39 is 6.03 Å². The molecule has 0 spiro atoms. The summed E-state index contributed by atoms with van der Waals surface area (Å²) in [5.74, 6) is 4.91. The minimum atomic E-state index is -0.560. The predicted octanol–water partition coefficient (Wildman–Crippen LogP) is 1.72. The zero-order chi connectivity index (χ0) is 12.0. The van der Waals surface area contributed by atoms with Crippen molar-refractivity contribution in [2.24, 2.45) is 10.9 Å². The van der Waals surface area contributed by atoms with Gasteiger partial charge in [0.05, 0.1) is 5.71 Å². The summed E-state index contributed by atoms with van der Waals surface area (Å²) < 4.78 is 0.984. The number of urea groups is 1. The van der Waals surface area contributed by atoms with E-state index in [1.54, 1.807) is 0 Å². The van der Waals surface area contributed by atoms with E-state index in [-0.39, 0.29) is 0 Å². The first-order valence-electron chi connectivity index (χ1n) is 4.32. The van der Waals surface area contributed by atoms with Gasteiger partial charge in [-0.25, -0.2) is 16.1 Å². The second-order valence-electron chi connectivity index (χ2n) is 2.78. The van der Waals surface area contributed by atoms with Crippen molar-refractivity contribution in [2.75, 3.05) is 5.33 Å². The summed E-state index contributed by atoms with van der Waals surface area (Å²) in [5.41, 5.74) is 5.81. The van der Waals surface area contributed by atoms with E-state index in [0.717, 1.165) is 10.0 Å². The Morgan fingerprint density at radius 2 is 2.00 bits per heavy atom. The van der Waals surface area contributed by atoms with Crippen LogP contribution in [0.4, 0.5) is 4.79 Å². The number of benzene rings is 1. The monoisotopic (exact) mass is 348 g/mol. The topological polar surface area (TPSA) is 79.5 Å². The van der Waals surface area contributed by atoms with Crippen LogP contribution in [0.5, 0.6) is 0 Å². The van der Waals surface area contributed by atoms with Crippen molar-refractivity contribution in [1.82, 2.24) is 10.9 Å². The Kier molecular flexibility index (Phi) is 5.44. The van der Waals surface area contributed by atoms with Gasteiger partial charge in [0.15, 0.2) is 0 Å². The molecular formula is C9H10Br2N4O.